The molecule has 4 aromatic rings. The molecule has 29 heavy (non-hydrogen) atoms. The van der Waals surface area contributed by atoms with E-state index in [0.717, 1.165) is 34.7 Å². The number of nitrogens with zero attached hydrogens (tertiary/aromatic N) is 5. The summed E-state index contributed by atoms with van der Waals surface area (Å²) < 4.78 is 15.0. The number of aryl methyl sites for hydroxylation is 1. The van der Waals surface area contributed by atoms with Crippen molar-refractivity contribution in [1.82, 2.24) is 19.7 Å². The van der Waals surface area contributed by atoms with Crippen LogP contribution in [0.1, 0.15) is 18.2 Å². The fourth-order valence-corrected chi connectivity index (χ4v) is 3.92. The summed E-state index contributed by atoms with van der Waals surface area (Å²) in [5, 5.41) is 4.59. The van der Waals surface area contributed by atoms with Crippen LogP contribution in [0, 0.1) is 12.7 Å². The van der Waals surface area contributed by atoms with E-state index in [4.69, 9.17) is 4.98 Å². The Balaban J connectivity index is 1.53. The van der Waals surface area contributed by atoms with Crippen molar-refractivity contribution in [1.29, 1.82) is 0 Å². The molecular formula is C23H20FN5. The molecular weight excluding hydrogens is 365 g/mol. The van der Waals surface area contributed by atoms with Crippen molar-refractivity contribution in [3.05, 3.63) is 84.1 Å². The minimum Gasteiger partial charge on any atom is -0.307 e. The minimum absolute atomic E-state index is 0.265. The number of benzene rings is 2. The molecule has 0 bridgehead atoms. The van der Waals surface area contributed by atoms with Crippen molar-refractivity contribution in [3.8, 4) is 16.9 Å². The van der Waals surface area contributed by atoms with Crippen LogP contribution >= 0.6 is 0 Å². The summed E-state index contributed by atoms with van der Waals surface area (Å²) in [5.41, 5.74) is 5.88. The number of para-hydroxylation sites is 1. The molecule has 144 valence electrons. The van der Waals surface area contributed by atoms with E-state index in [9.17, 15) is 4.39 Å². The fourth-order valence-electron chi connectivity index (χ4n) is 3.92. The van der Waals surface area contributed by atoms with Gasteiger partial charge in [0.25, 0.3) is 0 Å². The SMILES string of the molecule is Cc1nn(-c2ccc(F)cc2)cc1-c1ccnc(N2c3ccccc3CC2C)n1. The number of fused-ring (bicyclic) bond motifs is 1. The van der Waals surface area contributed by atoms with Crippen molar-refractivity contribution >= 4 is 11.6 Å². The van der Waals surface area contributed by atoms with E-state index >= 15 is 0 Å². The van der Waals surface area contributed by atoms with Crippen LogP contribution in [0.2, 0.25) is 0 Å². The van der Waals surface area contributed by atoms with Gasteiger partial charge in [-0.2, -0.15) is 5.10 Å². The second kappa shape index (κ2) is 6.81. The van der Waals surface area contributed by atoms with Gasteiger partial charge in [-0.3, -0.25) is 0 Å². The molecule has 5 rings (SSSR count). The van der Waals surface area contributed by atoms with E-state index in [1.54, 1.807) is 23.0 Å². The maximum atomic E-state index is 13.2. The summed E-state index contributed by atoms with van der Waals surface area (Å²) in [7, 11) is 0. The Bertz CT molecular complexity index is 1180. The molecule has 0 saturated carbocycles. The first kappa shape index (κ1) is 17.6. The molecule has 1 aliphatic rings. The highest BCUT2D eigenvalue weighted by Gasteiger charge is 2.28. The van der Waals surface area contributed by atoms with E-state index in [2.05, 4.69) is 40.1 Å². The normalized spacial score (nSPS) is 15.6. The molecule has 3 heterocycles. The molecule has 0 aliphatic carbocycles. The topological polar surface area (TPSA) is 46.8 Å². The standard InChI is InChI=1S/C23H20FN5/c1-15-13-17-5-3-4-6-22(17)29(15)23-25-12-11-21(26-23)20-14-28(27-16(20)2)19-9-7-18(24)8-10-19/h3-12,14-15H,13H2,1-2H3. The maximum Gasteiger partial charge on any atom is 0.230 e. The van der Waals surface area contributed by atoms with Crippen molar-refractivity contribution in [2.45, 2.75) is 26.3 Å². The fraction of sp³-hybridized carbons (Fsp3) is 0.174. The van der Waals surface area contributed by atoms with Crippen molar-refractivity contribution in [3.63, 3.8) is 0 Å². The average Bonchev–Trinajstić information content (AvgIpc) is 3.28. The van der Waals surface area contributed by atoms with E-state index in [1.807, 2.05) is 25.3 Å². The van der Waals surface area contributed by atoms with Crippen molar-refractivity contribution < 1.29 is 4.39 Å². The van der Waals surface area contributed by atoms with Gasteiger partial charge in [0.2, 0.25) is 5.95 Å². The van der Waals surface area contributed by atoms with Crippen LogP contribution in [0.15, 0.2) is 67.0 Å². The lowest BCUT2D eigenvalue weighted by atomic mass is 10.1. The molecule has 0 fully saturated rings. The number of anilines is 2. The largest absolute Gasteiger partial charge is 0.307 e. The third-order valence-corrected chi connectivity index (χ3v) is 5.33. The van der Waals surface area contributed by atoms with Crippen LogP contribution in [0.4, 0.5) is 16.0 Å². The van der Waals surface area contributed by atoms with Gasteiger partial charge < -0.3 is 4.90 Å². The lowest BCUT2D eigenvalue weighted by Crippen LogP contribution is -2.25. The monoisotopic (exact) mass is 385 g/mol. The summed E-state index contributed by atoms with van der Waals surface area (Å²) in [6.45, 7) is 4.14. The van der Waals surface area contributed by atoms with E-state index in [1.165, 1.54) is 17.7 Å². The van der Waals surface area contributed by atoms with Gasteiger partial charge in [-0.05, 0) is 62.2 Å². The number of hydrogen-bond acceptors (Lipinski definition) is 4. The molecule has 2 aromatic heterocycles. The molecule has 0 N–H and O–H groups in total. The lowest BCUT2D eigenvalue weighted by Gasteiger charge is -2.22. The first-order chi connectivity index (χ1) is 14.1. The maximum absolute atomic E-state index is 13.2. The van der Waals surface area contributed by atoms with Crippen LogP contribution in [0.5, 0.6) is 0 Å². The van der Waals surface area contributed by atoms with Gasteiger partial charge in [-0.25, -0.2) is 19.0 Å². The molecule has 1 unspecified atom stereocenters. The molecule has 0 spiro atoms. The molecule has 1 aliphatic heterocycles. The third kappa shape index (κ3) is 3.06. The summed E-state index contributed by atoms with van der Waals surface area (Å²) >= 11 is 0. The molecule has 0 amide bonds. The van der Waals surface area contributed by atoms with Crippen molar-refractivity contribution in [2.24, 2.45) is 0 Å². The highest BCUT2D eigenvalue weighted by Crippen LogP contribution is 2.37. The average molecular weight is 385 g/mol. The van der Waals surface area contributed by atoms with Gasteiger partial charge in [-0.1, -0.05) is 18.2 Å². The van der Waals surface area contributed by atoms with Crippen LogP contribution < -0.4 is 4.90 Å². The molecule has 0 radical (unpaired) electrons. The zero-order chi connectivity index (χ0) is 20.0. The number of rotatable bonds is 3. The molecule has 0 saturated heterocycles. The predicted molar refractivity (Wildman–Crippen MR) is 111 cm³/mol. The smallest absolute Gasteiger partial charge is 0.230 e. The highest BCUT2D eigenvalue weighted by atomic mass is 19.1. The van der Waals surface area contributed by atoms with Gasteiger partial charge in [-0.15, -0.1) is 0 Å². The number of hydrogen-bond donors (Lipinski definition) is 0. The van der Waals surface area contributed by atoms with Crippen molar-refractivity contribution in [2.75, 3.05) is 4.90 Å². The predicted octanol–water partition coefficient (Wildman–Crippen LogP) is 4.86. The number of aromatic nitrogens is 4. The summed E-state index contributed by atoms with van der Waals surface area (Å²) in [4.78, 5) is 11.6. The Kier molecular flexibility index (Phi) is 4.12. The summed E-state index contributed by atoms with van der Waals surface area (Å²) in [6.07, 6.45) is 4.70. The number of halogens is 1. The van der Waals surface area contributed by atoms with Gasteiger partial charge in [0.05, 0.1) is 17.1 Å². The van der Waals surface area contributed by atoms with E-state index < -0.39 is 0 Å². The van der Waals surface area contributed by atoms with E-state index in [0.29, 0.717) is 12.0 Å². The lowest BCUT2D eigenvalue weighted by molar-refractivity contribution is 0.627. The Labute approximate surface area is 168 Å². The third-order valence-electron chi connectivity index (χ3n) is 5.33. The van der Waals surface area contributed by atoms with Crippen LogP contribution in [-0.4, -0.2) is 25.8 Å². The summed E-state index contributed by atoms with van der Waals surface area (Å²) in [6, 6.07) is 16.9. The van der Waals surface area contributed by atoms with Gasteiger partial charge in [0.15, 0.2) is 0 Å². The van der Waals surface area contributed by atoms with E-state index in [-0.39, 0.29) is 5.82 Å². The van der Waals surface area contributed by atoms with Crippen LogP contribution in [-0.2, 0) is 6.42 Å². The quantitative estimate of drug-likeness (QED) is 0.505. The Morgan fingerprint density at radius 3 is 2.66 bits per heavy atom. The molecule has 5 nitrogen and oxygen atoms in total. The zero-order valence-corrected chi connectivity index (χ0v) is 16.2. The second-order valence-electron chi connectivity index (χ2n) is 7.34. The highest BCUT2D eigenvalue weighted by molar-refractivity contribution is 5.69. The van der Waals surface area contributed by atoms with Crippen LogP contribution in [0.3, 0.4) is 0 Å². The first-order valence-corrected chi connectivity index (χ1v) is 9.63. The Hall–Kier alpha value is -3.54. The molecule has 6 heteroatoms. The molecule has 2 aromatic carbocycles. The van der Waals surface area contributed by atoms with Gasteiger partial charge >= 0.3 is 0 Å². The summed E-state index contributed by atoms with van der Waals surface area (Å²) in [5.74, 6) is 0.423. The molecule has 1 atom stereocenters. The van der Waals surface area contributed by atoms with Gasteiger partial charge in [0.1, 0.15) is 5.82 Å². The second-order valence-corrected chi connectivity index (χ2v) is 7.34. The Morgan fingerprint density at radius 2 is 1.83 bits per heavy atom. The zero-order valence-electron chi connectivity index (χ0n) is 16.2. The Morgan fingerprint density at radius 1 is 1.03 bits per heavy atom. The first-order valence-electron chi connectivity index (χ1n) is 9.63. The van der Waals surface area contributed by atoms with Crippen LogP contribution in [0.25, 0.3) is 16.9 Å². The minimum atomic E-state index is -0.265. The van der Waals surface area contributed by atoms with Gasteiger partial charge in [0, 0.05) is 29.7 Å².